The van der Waals surface area contributed by atoms with Crippen LogP contribution in [0.4, 0.5) is 0 Å². The third kappa shape index (κ3) is 1.54. The molecule has 1 rings (SSSR count). The Labute approximate surface area is 61.7 Å². The van der Waals surface area contributed by atoms with Gasteiger partial charge in [0.05, 0.1) is 0 Å². The van der Waals surface area contributed by atoms with Gasteiger partial charge in [-0.2, -0.15) is 0 Å². The first-order chi connectivity index (χ1) is 4.72. The molecule has 0 bridgehead atoms. The third-order valence-electron chi connectivity index (χ3n) is 1.27. The second-order valence-electron chi connectivity index (χ2n) is 2.00. The Morgan fingerprint density at radius 1 is 1.20 bits per heavy atom. The van der Waals surface area contributed by atoms with Crippen LogP contribution in [0.5, 0.6) is 0 Å². The van der Waals surface area contributed by atoms with Crippen LogP contribution in [0.2, 0.25) is 0 Å². The van der Waals surface area contributed by atoms with E-state index in [9.17, 15) is 0 Å². The van der Waals surface area contributed by atoms with E-state index in [0.717, 1.165) is 5.30 Å². The van der Waals surface area contributed by atoms with Crippen LogP contribution in [0.15, 0.2) is 24.3 Å². The maximum absolute atomic E-state index is 8.75. The van der Waals surface area contributed by atoms with E-state index in [1.807, 2.05) is 6.07 Å². The van der Waals surface area contributed by atoms with E-state index in [0.29, 0.717) is 5.56 Å². The van der Waals surface area contributed by atoms with Crippen molar-refractivity contribution in [1.29, 1.82) is 0 Å². The molecule has 0 fully saturated rings. The lowest BCUT2D eigenvalue weighted by molar-refractivity contribution is -0.0416. The summed E-state index contributed by atoms with van der Waals surface area (Å²) in [7, 11) is 2.44. The molecule has 1 unspecified atom stereocenters. The number of aliphatic hydroxyl groups excluding tert-OH is 1. The molecule has 0 aliphatic rings. The summed E-state index contributed by atoms with van der Waals surface area (Å²) in [6, 6.07) is 7.09. The van der Waals surface area contributed by atoms with Crippen LogP contribution in [-0.2, 0) is 0 Å². The van der Waals surface area contributed by atoms with Crippen molar-refractivity contribution in [2.45, 2.75) is 6.29 Å². The second kappa shape index (κ2) is 3.11. The van der Waals surface area contributed by atoms with E-state index < -0.39 is 6.29 Å². The molecular formula is C7H9O2P. The van der Waals surface area contributed by atoms with Crippen LogP contribution in [-0.4, -0.2) is 10.2 Å². The lowest BCUT2D eigenvalue weighted by atomic mass is 10.2. The van der Waals surface area contributed by atoms with E-state index >= 15 is 0 Å². The highest BCUT2D eigenvalue weighted by atomic mass is 31.0. The number of benzene rings is 1. The zero-order valence-electron chi connectivity index (χ0n) is 5.36. The molecule has 0 aliphatic heterocycles. The van der Waals surface area contributed by atoms with Crippen molar-refractivity contribution in [2.75, 3.05) is 0 Å². The van der Waals surface area contributed by atoms with Crippen molar-refractivity contribution in [1.82, 2.24) is 0 Å². The van der Waals surface area contributed by atoms with Gasteiger partial charge in [-0.3, -0.25) is 0 Å². The summed E-state index contributed by atoms with van der Waals surface area (Å²) < 4.78 is 0. The van der Waals surface area contributed by atoms with Gasteiger partial charge in [-0.25, -0.2) is 0 Å². The maximum atomic E-state index is 8.75. The van der Waals surface area contributed by atoms with Crippen LogP contribution in [0.3, 0.4) is 0 Å². The number of hydrogen-bond donors (Lipinski definition) is 2. The third-order valence-corrected chi connectivity index (χ3v) is 1.80. The Morgan fingerprint density at radius 2 is 1.80 bits per heavy atom. The molecule has 2 nitrogen and oxygen atoms in total. The largest absolute Gasteiger partial charge is 0.364 e. The van der Waals surface area contributed by atoms with Crippen LogP contribution in [0.1, 0.15) is 11.9 Å². The van der Waals surface area contributed by atoms with Crippen molar-refractivity contribution in [2.24, 2.45) is 0 Å². The van der Waals surface area contributed by atoms with Crippen molar-refractivity contribution in [3.63, 3.8) is 0 Å². The minimum Gasteiger partial charge on any atom is -0.364 e. The second-order valence-corrected chi connectivity index (χ2v) is 2.62. The Bertz CT molecular complexity index is 223. The van der Waals surface area contributed by atoms with Gasteiger partial charge in [0, 0.05) is 5.56 Å². The summed E-state index contributed by atoms with van der Waals surface area (Å²) in [5.74, 6) is 0. The lowest BCUT2D eigenvalue weighted by Gasteiger charge is -2.05. The smallest absolute Gasteiger partial charge is 0.179 e. The minimum atomic E-state index is -1.37. The molecule has 2 N–H and O–H groups in total. The molecular weight excluding hydrogens is 147 g/mol. The van der Waals surface area contributed by atoms with Crippen molar-refractivity contribution < 1.29 is 10.2 Å². The van der Waals surface area contributed by atoms with Crippen LogP contribution < -0.4 is 5.30 Å². The van der Waals surface area contributed by atoms with Crippen molar-refractivity contribution in [3.8, 4) is 0 Å². The highest BCUT2D eigenvalue weighted by molar-refractivity contribution is 7.27. The number of hydrogen-bond acceptors (Lipinski definition) is 2. The van der Waals surface area contributed by atoms with Gasteiger partial charge in [0.2, 0.25) is 0 Å². The average Bonchev–Trinajstić information content (AvgIpc) is 1.88. The Kier molecular flexibility index (Phi) is 2.39. The molecule has 0 saturated carbocycles. The molecule has 0 saturated heterocycles. The topological polar surface area (TPSA) is 40.5 Å². The summed E-state index contributed by atoms with van der Waals surface area (Å²) in [4.78, 5) is 0. The zero-order chi connectivity index (χ0) is 7.56. The first-order valence-electron chi connectivity index (χ1n) is 2.92. The number of rotatable bonds is 1. The predicted molar refractivity (Wildman–Crippen MR) is 43.0 cm³/mol. The fraction of sp³-hybridized carbons (Fsp3) is 0.143. The van der Waals surface area contributed by atoms with E-state index in [1.54, 1.807) is 18.2 Å². The van der Waals surface area contributed by atoms with Crippen LogP contribution in [0, 0.1) is 0 Å². The van der Waals surface area contributed by atoms with Crippen molar-refractivity contribution >= 4 is 14.5 Å². The molecule has 1 aromatic carbocycles. The normalized spacial score (nSPS) is 10.4. The molecule has 0 amide bonds. The highest BCUT2D eigenvalue weighted by Crippen LogP contribution is 2.08. The van der Waals surface area contributed by atoms with Gasteiger partial charge in [-0.05, 0) is 5.30 Å². The molecule has 0 heterocycles. The molecule has 1 aromatic rings. The number of aliphatic hydroxyl groups is 2. The monoisotopic (exact) mass is 156 g/mol. The van der Waals surface area contributed by atoms with Gasteiger partial charge >= 0.3 is 0 Å². The van der Waals surface area contributed by atoms with Gasteiger partial charge in [0.15, 0.2) is 6.29 Å². The standard InChI is InChI=1S/C7H9O2P/c8-7(9)5-3-1-2-4-6(5)10/h1-4,7-9H,10H2. The van der Waals surface area contributed by atoms with Gasteiger partial charge < -0.3 is 10.2 Å². The SMILES string of the molecule is OC(O)c1ccccc1P. The first kappa shape index (κ1) is 7.67. The van der Waals surface area contributed by atoms with E-state index in [2.05, 4.69) is 9.24 Å². The van der Waals surface area contributed by atoms with Gasteiger partial charge in [-0.1, -0.05) is 24.3 Å². The van der Waals surface area contributed by atoms with Crippen LogP contribution in [0.25, 0.3) is 0 Å². The lowest BCUT2D eigenvalue weighted by Crippen LogP contribution is -2.05. The Morgan fingerprint density at radius 3 is 2.20 bits per heavy atom. The summed E-state index contributed by atoms with van der Waals surface area (Å²) in [6.07, 6.45) is -1.37. The molecule has 10 heavy (non-hydrogen) atoms. The first-order valence-corrected chi connectivity index (χ1v) is 3.50. The quantitative estimate of drug-likeness (QED) is 0.449. The van der Waals surface area contributed by atoms with E-state index in [1.165, 1.54) is 0 Å². The maximum Gasteiger partial charge on any atom is 0.179 e. The molecule has 0 radical (unpaired) electrons. The molecule has 0 aliphatic carbocycles. The highest BCUT2D eigenvalue weighted by Gasteiger charge is 2.03. The molecule has 3 heteroatoms. The molecule has 54 valence electrons. The minimum absolute atomic E-state index is 0.535. The summed E-state index contributed by atoms with van der Waals surface area (Å²) in [6.45, 7) is 0. The van der Waals surface area contributed by atoms with Crippen molar-refractivity contribution in [3.05, 3.63) is 29.8 Å². The van der Waals surface area contributed by atoms with Gasteiger partial charge in [0.1, 0.15) is 0 Å². The van der Waals surface area contributed by atoms with Gasteiger partial charge in [0.25, 0.3) is 0 Å². The van der Waals surface area contributed by atoms with E-state index in [4.69, 9.17) is 10.2 Å². The zero-order valence-corrected chi connectivity index (χ0v) is 6.51. The summed E-state index contributed by atoms with van der Waals surface area (Å²) in [5, 5.41) is 18.3. The predicted octanol–water partition coefficient (Wildman–Crippen LogP) is 0.170. The molecule has 0 aromatic heterocycles. The van der Waals surface area contributed by atoms with Crippen LogP contribution >= 0.6 is 9.24 Å². The Balaban J connectivity index is 3.03. The Hall–Kier alpha value is -0.430. The molecule has 0 spiro atoms. The fourth-order valence-corrected chi connectivity index (χ4v) is 1.10. The summed E-state index contributed by atoms with van der Waals surface area (Å²) in [5.41, 5.74) is 0.535. The van der Waals surface area contributed by atoms with Gasteiger partial charge in [-0.15, -0.1) is 9.24 Å². The molecule has 1 atom stereocenters. The average molecular weight is 156 g/mol. The summed E-state index contributed by atoms with van der Waals surface area (Å²) >= 11 is 0. The van der Waals surface area contributed by atoms with E-state index in [-0.39, 0.29) is 0 Å². The fourth-order valence-electron chi connectivity index (χ4n) is 0.746.